The monoisotopic (exact) mass is 376 g/mol. The highest BCUT2D eigenvalue weighted by atomic mass is 16.5. The van der Waals surface area contributed by atoms with E-state index in [1.54, 1.807) is 7.11 Å². The van der Waals surface area contributed by atoms with E-state index in [2.05, 4.69) is 31.8 Å². The van der Waals surface area contributed by atoms with Crippen molar-refractivity contribution in [3.8, 4) is 17.1 Å². The molecular formula is C20H20N6O2. The summed E-state index contributed by atoms with van der Waals surface area (Å²) >= 11 is 0. The molecule has 2 heterocycles. The van der Waals surface area contributed by atoms with E-state index in [4.69, 9.17) is 4.74 Å². The van der Waals surface area contributed by atoms with Crippen LogP contribution in [0, 0.1) is 0 Å². The number of carbonyl (C=O) groups excluding carboxylic acids is 1. The van der Waals surface area contributed by atoms with Gasteiger partial charge in [0.2, 0.25) is 11.7 Å². The summed E-state index contributed by atoms with van der Waals surface area (Å²) in [5, 5.41) is 16.3. The molecule has 0 bridgehead atoms. The van der Waals surface area contributed by atoms with Gasteiger partial charge in [0.05, 0.1) is 7.11 Å². The zero-order valence-corrected chi connectivity index (χ0v) is 15.4. The summed E-state index contributed by atoms with van der Waals surface area (Å²) in [5.74, 6) is 1.07. The summed E-state index contributed by atoms with van der Waals surface area (Å²) in [6.07, 6.45) is 2.73. The number of tetrazole rings is 1. The van der Waals surface area contributed by atoms with E-state index in [0.717, 1.165) is 23.3 Å². The van der Waals surface area contributed by atoms with E-state index in [9.17, 15) is 4.79 Å². The van der Waals surface area contributed by atoms with Crippen molar-refractivity contribution in [1.82, 2.24) is 30.5 Å². The Kier molecular flexibility index (Phi) is 5.01. The van der Waals surface area contributed by atoms with Crippen molar-refractivity contribution in [3.05, 3.63) is 60.3 Å². The lowest BCUT2D eigenvalue weighted by Crippen LogP contribution is -2.30. The van der Waals surface area contributed by atoms with Crippen LogP contribution < -0.4 is 10.1 Å². The lowest BCUT2D eigenvalue weighted by atomic mass is 10.1. The Morgan fingerprint density at radius 2 is 2.00 bits per heavy atom. The van der Waals surface area contributed by atoms with Crippen LogP contribution in [0.5, 0.6) is 5.75 Å². The fraction of sp³-hybridized carbons (Fsp3) is 0.200. The van der Waals surface area contributed by atoms with E-state index in [-0.39, 0.29) is 12.5 Å². The second kappa shape index (κ2) is 7.91. The van der Waals surface area contributed by atoms with E-state index in [1.807, 2.05) is 48.7 Å². The minimum atomic E-state index is -0.154. The SMILES string of the molecule is COc1ccc(-c2nnn(CC(=O)NCCc3c[nH]c4ccccc34)n2)cc1. The number of H-pyrrole nitrogens is 1. The van der Waals surface area contributed by atoms with Gasteiger partial charge in [-0.15, -0.1) is 10.2 Å². The highest BCUT2D eigenvalue weighted by Gasteiger charge is 2.10. The molecule has 2 aromatic heterocycles. The zero-order chi connectivity index (χ0) is 19.3. The Morgan fingerprint density at radius 3 is 2.82 bits per heavy atom. The summed E-state index contributed by atoms with van der Waals surface area (Å²) < 4.78 is 5.13. The second-order valence-corrected chi connectivity index (χ2v) is 6.33. The number of aromatic nitrogens is 5. The molecule has 4 aromatic rings. The van der Waals surface area contributed by atoms with Gasteiger partial charge in [0, 0.05) is 29.2 Å². The third kappa shape index (κ3) is 3.85. The number of aromatic amines is 1. The summed E-state index contributed by atoms with van der Waals surface area (Å²) in [7, 11) is 1.61. The van der Waals surface area contributed by atoms with Crippen LogP contribution in [0.3, 0.4) is 0 Å². The third-order valence-corrected chi connectivity index (χ3v) is 4.48. The molecule has 0 radical (unpaired) electrons. The van der Waals surface area contributed by atoms with Crippen LogP contribution in [0.15, 0.2) is 54.7 Å². The summed E-state index contributed by atoms with van der Waals surface area (Å²) in [6.45, 7) is 0.567. The molecule has 0 atom stereocenters. The smallest absolute Gasteiger partial charge is 0.243 e. The van der Waals surface area contributed by atoms with E-state index >= 15 is 0 Å². The maximum atomic E-state index is 12.2. The number of nitrogens with one attached hydrogen (secondary N) is 2. The molecule has 4 rings (SSSR count). The molecule has 8 nitrogen and oxygen atoms in total. The number of fused-ring (bicyclic) bond motifs is 1. The molecule has 0 saturated heterocycles. The van der Waals surface area contributed by atoms with Gasteiger partial charge in [-0.3, -0.25) is 4.79 Å². The number of methoxy groups -OCH3 is 1. The van der Waals surface area contributed by atoms with Crippen molar-refractivity contribution >= 4 is 16.8 Å². The van der Waals surface area contributed by atoms with Crippen LogP contribution in [0.25, 0.3) is 22.3 Å². The molecule has 2 aromatic carbocycles. The predicted molar refractivity (Wildman–Crippen MR) is 105 cm³/mol. The van der Waals surface area contributed by atoms with E-state index < -0.39 is 0 Å². The van der Waals surface area contributed by atoms with Crippen LogP contribution in [-0.4, -0.2) is 44.8 Å². The van der Waals surface area contributed by atoms with Gasteiger partial charge < -0.3 is 15.0 Å². The minimum absolute atomic E-state index is 0.0248. The first kappa shape index (κ1) is 17.7. The fourth-order valence-electron chi connectivity index (χ4n) is 3.03. The first-order valence-corrected chi connectivity index (χ1v) is 8.97. The fourth-order valence-corrected chi connectivity index (χ4v) is 3.03. The molecule has 8 heteroatoms. The molecule has 28 heavy (non-hydrogen) atoms. The lowest BCUT2D eigenvalue weighted by molar-refractivity contribution is -0.122. The normalized spacial score (nSPS) is 10.9. The number of carbonyl (C=O) groups is 1. The van der Waals surface area contributed by atoms with E-state index in [1.165, 1.54) is 15.7 Å². The summed E-state index contributed by atoms with van der Waals surface area (Å²) in [5.41, 5.74) is 3.09. The third-order valence-electron chi connectivity index (χ3n) is 4.48. The van der Waals surface area contributed by atoms with Gasteiger partial charge in [-0.25, -0.2) is 0 Å². The van der Waals surface area contributed by atoms with E-state index in [0.29, 0.717) is 12.4 Å². The molecule has 0 aliphatic heterocycles. The molecule has 0 fully saturated rings. The first-order chi connectivity index (χ1) is 13.7. The maximum absolute atomic E-state index is 12.2. The Bertz CT molecular complexity index is 1080. The first-order valence-electron chi connectivity index (χ1n) is 8.97. The standard InChI is InChI=1S/C20H20N6O2/c1-28-16-8-6-14(7-9-16)20-23-25-26(24-20)13-19(27)21-11-10-15-12-22-18-5-3-2-4-17(15)18/h2-9,12,22H,10-11,13H2,1H3,(H,21,27). The van der Waals surface area contributed by atoms with Crippen LogP contribution in [0.1, 0.15) is 5.56 Å². The molecule has 0 unspecified atom stereocenters. The summed E-state index contributed by atoms with van der Waals surface area (Å²) in [4.78, 5) is 16.7. The van der Waals surface area contributed by atoms with Crippen molar-refractivity contribution in [2.45, 2.75) is 13.0 Å². The average molecular weight is 376 g/mol. The molecule has 0 saturated carbocycles. The van der Waals surface area contributed by atoms with Crippen LogP contribution >= 0.6 is 0 Å². The number of nitrogens with zero attached hydrogens (tertiary/aromatic N) is 4. The van der Waals surface area contributed by atoms with Gasteiger partial charge in [0.15, 0.2) is 0 Å². The number of hydrogen-bond acceptors (Lipinski definition) is 5. The Hall–Kier alpha value is -3.68. The number of hydrogen-bond donors (Lipinski definition) is 2. The van der Waals surface area contributed by atoms with Crippen molar-refractivity contribution in [3.63, 3.8) is 0 Å². The Labute approximate surface area is 161 Å². The van der Waals surface area contributed by atoms with Gasteiger partial charge >= 0.3 is 0 Å². The minimum Gasteiger partial charge on any atom is -0.497 e. The molecule has 0 spiro atoms. The second-order valence-electron chi connectivity index (χ2n) is 6.33. The number of amides is 1. The van der Waals surface area contributed by atoms with Crippen molar-refractivity contribution in [2.75, 3.05) is 13.7 Å². The summed E-state index contributed by atoms with van der Waals surface area (Å²) in [6, 6.07) is 15.5. The topological polar surface area (TPSA) is 97.7 Å². The zero-order valence-electron chi connectivity index (χ0n) is 15.4. The quantitative estimate of drug-likeness (QED) is 0.515. The highest BCUT2D eigenvalue weighted by Crippen LogP contribution is 2.18. The Balaban J connectivity index is 1.31. The molecule has 1 amide bonds. The number of ether oxygens (including phenoxy) is 1. The van der Waals surface area contributed by atoms with Gasteiger partial charge in [-0.05, 0) is 47.5 Å². The molecular weight excluding hydrogens is 356 g/mol. The average Bonchev–Trinajstić information content (AvgIpc) is 3.35. The Morgan fingerprint density at radius 1 is 1.18 bits per heavy atom. The maximum Gasteiger partial charge on any atom is 0.243 e. The van der Waals surface area contributed by atoms with Gasteiger partial charge in [-0.2, -0.15) is 4.80 Å². The molecule has 0 aliphatic carbocycles. The van der Waals surface area contributed by atoms with Crippen LogP contribution in [0.2, 0.25) is 0 Å². The van der Waals surface area contributed by atoms with Gasteiger partial charge in [0.25, 0.3) is 0 Å². The predicted octanol–water partition coefficient (Wildman–Crippen LogP) is 2.19. The number of rotatable bonds is 7. The van der Waals surface area contributed by atoms with Crippen LogP contribution in [-0.2, 0) is 17.8 Å². The molecule has 142 valence electrons. The van der Waals surface area contributed by atoms with Gasteiger partial charge in [0.1, 0.15) is 12.3 Å². The number of benzene rings is 2. The van der Waals surface area contributed by atoms with Crippen molar-refractivity contribution < 1.29 is 9.53 Å². The molecule has 0 aliphatic rings. The van der Waals surface area contributed by atoms with Crippen molar-refractivity contribution in [1.29, 1.82) is 0 Å². The molecule has 2 N–H and O–H groups in total. The lowest BCUT2D eigenvalue weighted by Gasteiger charge is -2.04. The van der Waals surface area contributed by atoms with Crippen LogP contribution in [0.4, 0.5) is 0 Å². The highest BCUT2D eigenvalue weighted by molar-refractivity contribution is 5.83. The van der Waals surface area contributed by atoms with Crippen molar-refractivity contribution in [2.24, 2.45) is 0 Å². The number of para-hydroxylation sites is 1. The van der Waals surface area contributed by atoms with Gasteiger partial charge in [-0.1, -0.05) is 18.2 Å². The largest absolute Gasteiger partial charge is 0.497 e.